The van der Waals surface area contributed by atoms with Crippen molar-refractivity contribution in [2.75, 3.05) is 19.4 Å². The number of benzene rings is 1. The van der Waals surface area contributed by atoms with Crippen LogP contribution in [0.15, 0.2) is 39.6 Å². The Kier molecular flexibility index (Phi) is 5.37. The highest BCUT2D eigenvalue weighted by Crippen LogP contribution is 2.25. The lowest BCUT2D eigenvalue weighted by Crippen LogP contribution is -2.28. The summed E-state index contributed by atoms with van der Waals surface area (Å²) in [6.07, 6.45) is 1.34. The Hall–Kier alpha value is -2.56. The molecule has 0 saturated heterocycles. The van der Waals surface area contributed by atoms with E-state index in [-0.39, 0.29) is 17.0 Å². The van der Waals surface area contributed by atoms with Crippen LogP contribution in [0.4, 0.5) is 5.69 Å². The molecule has 28 heavy (non-hydrogen) atoms. The van der Waals surface area contributed by atoms with Crippen LogP contribution in [0.25, 0.3) is 10.2 Å². The van der Waals surface area contributed by atoms with E-state index in [1.807, 2.05) is 0 Å². The third kappa shape index (κ3) is 3.71. The van der Waals surface area contributed by atoms with E-state index in [4.69, 9.17) is 0 Å². The molecule has 1 amide bonds. The number of hydrogen-bond acceptors (Lipinski definition) is 6. The molecular formula is C18H20N4O4S2. The minimum atomic E-state index is -3.64. The fourth-order valence-corrected chi connectivity index (χ4v) is 4.40. The first kappa shape index (κ1) is 20.2. The Balaban J connectivity index is 1.90. The van der Waals surface area contributed by atoms with Gasteiger partial charge in [-0.1, -0.05) is 0 Å². The summed E-state index contributed by atoms with van der Waals surface area (Å²) in [6.45, 7) is 3.35. The summed E-state index contributed by atoms with van der Waals surface area (Å²) in [5.41, 5.74) is 1.59. The summed E-state index contributed by atoms with van der Waals surface area (Å²) in [5, 5.41) is 4.95. The Labute approximate surface area is 166 Å². The zero-order valence-electron chi connectivity index (χ0n) is 15.9. The normalized spacial score (nSPS) is 11.9. The highest BCUT2D eigenvalue weighted by Gasteiger charge is 2.20. The summed E-state index contributed by atoms with van der Waals surface area (Å²) >= 11 is 1.36. The van der Waals surface area contributed by atoms with Gasteiger partial charge >= 0.3 is 0 Å². The van der Waals surface area contributed by atoms with Gasteiger partial charge in [-0.25, -0.2) is 17.7 Å². The number of anilines is 1. The first-order valence-corrected chi connectivity index (χ1v) is 10.7. The molecule has 0 aliphatic carbocycles. The van der Waals surface area contributed by atoms with E-state index >= 15 is 0 Å². The number of nitrogens with one attached hydrogen (secondary N) is 1. The van der Waals surface area contributed by atoms with Gasteiger partial charge in [0.1, 0.15) is 11.4 Å². The van der Waals surface area contributed by atoms with Crippen molar-refractivity contribution in [2.45, 2.75) is 25.3 Å². The number of thiophene rings is 1. The van der Waals surface area contributed by atoms with Gasteiger partial charge in [-0.2, -0.15) is 0 Å². The Morgan fingerprint density at radius 2 is 2.00 bits per heavy atom. The van der Waals surface area contributed by atoms with Gasteiger partial charge in [0.25, 0.3) is 5.56 Å². The first-order chi connectivity index (χ1) is 13.1. The molecule has 10 heteroatoms. The topological polar surface area (TPSA) is 101 Å². The second kappa shape index (κ2) is 7.46. The summed E-state index contributed by atoms with van der Waals surface area (Å²) in [6, 6.07) is 4.67. The molecule has 2 aromatic heterocycles. The monoisotopic (exact) mass is 420 g/mol. The summed E-state index contributed by atoms with van der Waals surface area (Å²) in [5.74, 6) is -0.444. The van der Waals surface area contributed by atoms with Crippen LogP contribution < -0.4 is 10.9 Å². The van der Waals surface area contributed by atoms with Crippen molar-refractivity contribution < 1.29 is 13.2 Å². The zero-order valence-corrected chi connectivity index (χ0v) is 17.5. The molecule has 0 radical (unpaired) electrons. The van der Waals surface area contributed by atoms with Crippen LogP contribution in [0.5, 0.6) is 0 Å². The lowest BCUT2D eigenvalue weighted by molar-refractivity contribution is -0.116. The van der Waals surface area contributed by atoms with Gasteiger partial charge in [0, 0.05) is 19.8 Å². The highest BCUT2D eigenvalue weighted by molar-refractivity contribution is 7.89. The van der Waals surface area contributed by atoms with Crippen LogP contribution in [0.3, 0.4) is 0 Å². The molecule has 0 fully saturated rings. The lowest BCUT2D eigenvalue weighted by atomic mass is 10.1. The van der Waals surface area contributed by atoms with Crippen LogP contribution in [-0.2, 0) is 21.4 Å². The largest absolute Gasteiger partial charge is 0.324 e. The molecule has 0 aliphatic heterocycles. The molecule has 1 N–H and O–H groups in total. The molecule has 0 unspecified atom stereocenters. The number of rotatable bonds is 5. The van der Waals surface area contributed by atoms with E-state index < -0.39 is 15.9 Å². The number of nitrogens with zero attached hydrogens (tertiary/aromatic N) is 3. The van der Waals surface area contributed by atoms with Crippen LogP contribution in [-0.4, -0.2) is 42.3 Å². The van der Waals surface area contributed by atoms with Crippen molar-refractivity contribution in [3.8, 4) is 0 Å². The van der Waals surface area contributed by atoms with Gasteiger partial charge in [0.15, 0.2) is 0 Å². The predicted molar refractivity (Wildman–Crippen MR) is 109 cm³/mol. The number of fused-ring (bicyclic) bond motifs is 1. The molecule has 148 valence electrons. The quantitative estimate of drug-likeness (QED) is 0.680. The summed E-state index contributed by atoms with van der Waals surface area (Å²) in [7, 11) is -0.746. The molecule has 0 atom stereocenters. The molecule has 1 aromatic carbocycles. The Morgan fingerprint density at radius 1 is 1.29 bits per heavy atom. The van der Waals surface area contributed by atoms with E-state index in [0.717, 1.165) is 15.4 Å². The van der Waals surface area contributed by atoms with Crippen molar-refractivity contribution in [2.24, 2.45) is 0 Å². The van der Waals surface area contributed by atoms with Crippen LogP contribution in [0.2, 0.25) is 0 Å². The molecular weight excluding hydrogens is 400 g/mol. The maximum Gasteiger partial charge on any atom is 0.262 e. The molecule has 0 spiro atoms. The molecule has 3 rings (SSSR count). The molecule has 0 aliphatic rings. The van der Waals surface area contributed by atoms with E-state index in [2.05, 4.69) is 10.3 Å². The van der Waals surface area contributed by atoms with Crippen molar-refractivity contribution in [1.29, 1.82) is 0 Å². The average molecular weight is 421 g/mol. The maximum absolute atomic E-state index is 12.5. The molecule has 0 saturated carbocycles. The van der Waals surface area contributed by atoms with Gasteiger partial charge in [0.2, 0.25) is 15.9 Å². The molecule has 0 bridgehead atoms. The van der Waals surface area contributed by atoms with Crippen molar-refractivity contribution in [3.05, 3.63) is 51.4 Å². The number of carbonyl (C=O) groups excluding carboxylic acids is 1. The van der Waals surface area contributed by atoms with Crippen molar-refractivity contribution in [3.63, 3.8) is 0 Å². The number of aryl methyl sites for hydroxylation is 1. The van der Waals surface area contributed by atoms with Gasteiger partial charge in [-0.3, -0.25) is 14.2 Å². The average Bonchev–Trinajstić information content (AvgIpc) is 3.10. The molecule has 2 heterocycles. The van der Waals surface area contributed by atoms with E-state index in [0.29, 0.717) is 15.9 Å². The molecule has 8 nitrogen and oxygen atoms in total. The second-order valence-corrected chi connectivity index (χ2v) is 9.61. The maximum atomic E-state index is 12.5. The third-order valence-corrected chi connectivity index (χ3v) is 7.07. The second-order valence-electron chi connectivity index (χ2n) is 6.57. The van der Waals surface area contributed by atoms with Gasteiger partial charge < -0.3 is 5.32 Å². The van der Waals surface area contributed by atoms with Crippen molar-refractivity contribution in [1.82, 2.24) is 13.9 Å². The smallest absolute Gasteiger partial charge is 0.262 e. The number of amides is 1. The predicted octanol–water partition coefficient (Wildman–Crippen LogP) is 1.96. The van der Waals surface area contributed by atoms with E-state index in [9.17, 15) is 18.0 Å². The SMILES string of the molecule is Cc1cc(S(=O)(=O)N(C)C)cc(NC(=O)Cn2cnc3sccc3c2=O)c1C. The summed E-state index contributed by atoms with van der Waals surface area (Å²) in [4.78, 5) is 29.8. The van der Waals surface area contributed by atoms with Crippen LogP contribution >= 0.6 is 11.3 Å². The Bertz CT molecular complexity index is 1230. The fourth-order valence-electron chi connectivity index (χ4n) is 2.67. The number of carbonyl (C=O) groups is 1. The van der Waals surface area contributed by atoms with E-state index in [1.165, 1.54) is 42.4 Å². The minimum Gasteiger partial charge on any atom is -0.324 e. The van der Waals surface area contributed by atoms with E-state index in [1.54, 1.807) is 31.4 Å². The van der Waals surface area contributed by atoms with Crippen LogP contribution in [0, 0.1) is 13.8 Å². The van der Waals surface area contributed by atoms with Crippen molar-refractivity contribution >= 4 is 43.2 Å². The zero-order chi connectivity index (χ0) is 20.6. The Morgan fingerprint density at radius 3 is 2.68 bits per heavy atom. The minimum absolute atomic E-state index is 0.0921. The lowest BCUT2D eigenvalue weighted by Gasteiger charge is -2.16. The number of aromatic nitrogens is 2. The first-order valence-electron chi connectivity index (χ1n) is 8.37. The number of hydrogen-bond donors (Lipinski definition) is 1. The molecule has 3 aromatic rings. The standard InChI is InChI=1S/C18H20N4O4S2/c1-11-7-13(28(25,26)21(3)4)8-15(12(11)2)20-16(23)9-22-10-19-17-14(18(22)24)5-6-27-17/h5-8,10H,9H2,1-4H3,(H,20,23). The van der Waals surface area contributed by atoms with Crippen LogP contribution in [0.1, 0.15) is 11.1 Å². The fraction of sp³-hybridized carbons (Fsp3) is 0.278. The van der Waals surface area contributed by atoms with Gasteiger partial charge in [-0.15, -0.1) is 11.3 Å². The van der Waals surface area contributed by atoms with Gasteiger partial charge in [0.05, 0.1) is 16.6 Å². The summed E-state index contributed by atoms with van der Waals surface area (Å²) < 4.78 is 27.2. The third-order valence-electron chi connectivity index (χ3n) is 4.46. The van der Waals surface area contributed by atoms with Gasteiger partial charge in [-0.05, 0) is 48.6 Å². The number of sulfonamides is 1. The highest BCUT2D eigenvalue weighted by atomic mass is 32.2.